The zero-order valence-electron chi connectivity index (χ0n) is 11.4. The molecule has 1 atom stereocenters. The fourth-order valence-electron chi connectivity index (χ4n) is 2.49. The second-order valence-electron chi connectivity index (χ2n) is 5.01. The molecule has 1 aliphatic heterocycles. The molecule has 1 fully saturated rings. The Morgan fingerprint density at radius 2 is 2.05 bits per heavy atom. The highest BCUT2D eigenvalue weighted by Crippen LogP contribution is 2.29. The highest BCUT2D eigenvalue weighted by Gasteiger charge is 2.22. The molecule has 20 heavy (non-hydrogen) atoms. The fraction of sp³-hybridized carbons (Fsp3) is 0.375. The molecule has 0 spiro atoms. The summed E-state index contributed by atoms with van der Waals surface area (Å²) in [5.74, 6) is 0. The van der Waals surface area contributed by atoms with Crippen LogP contribution >= 0.6 is 11.3 Å². The first-order valence-corrected chi connectivity index (χ1v) is 7.75. The van der Waals surface area contributed by atoms with Gasteiger partial charge in [-0.1, -0.05) is 30.3 Å². The molecule has 3 nitrogen and oxygen atoms in total. The Kier molecular flexibility index (Phi) is 4.47. The van der Waals surface area contributed by atoms with Crippen LogP contribution in [0.4, 0.5) is 0 Å². The van der Waals surface area contributed by atoms with Crippen molar-refractivity contribution in [3.8, 4) is 10.4 Å². The third-order valence-electron chi connectivity index (χ3n) is 3.64. The Balaban J connectivity index is 1.71. The van der Waals surface area contributed by atoms with E-state index < -0.39 is 0 Å². The number of aliphatic hydroxyl groups excluding tert-OH is 1. The molecule has 0 saturated carbocycles. The maximum absolute atomic E-state index is 9.40. The number of morpholine rings is 1. The topological polar surface area (TPSA) is 32.7 Å². The Morgan fingerprint density at radius 3 is 2.85 bits per heavy atom. The van der Waals surface area contributed by atoms with Gasteiger partial charge < -0.3 is 9.84 Å². The van der Waals surface area contributed by atoms with Crippen LogP contribution in [0.5, 0.6) is 0 Å². The summed E-state index contributed by atoms with van der Waals surface area (Å²) in [6.07, 6.45) is 0. The predicted molar refractivity (Wildman–Crippen MR) is 81.9 cm³/mol. The molecule has 0 amide bonds. The highest BCUT2D eigenvalue weighted by atomic mass is 32.1. The van der Waals surface area contributed by atoms with Gasteiger partial charge in [0.2, 0.25) is 0 Å². The number of benzene rings is 1. The second kappa shape index (κ2) is 6.50. The van der Waals surface area contributed by atoms with E-state index in [4.69, 9.17) is 4.74 Å². The average molecular weight is 289 g/mol. The van der Waals surface area contributed by atoms with E-state index in [-0.39, 0.29) is 12.6 Å². The summed E-state index contributed by atoms with van der Waals surface area (Å²) >= 11 is 1.83. The molecule has 3 rings (SSSR count). The van der Waals surface area contributed by atoms with E-state index in [1.54, 1.807) is 0 Å². The lowest BCUT2D eigenvalue weighted by Crippen LogP contribution is -2.46. The fourth-order valence-corrected chi connectivity index (χ4v) is 3.53. The van der Waals surface area contributed by atoms with Gasteiger partial charge in [0.25, 0.3) is 0 Å². The first kappa shape index (κ1) is 13.8. The Labute approximate surface area is 123 Å². The van der Waals surface area contributed by atoms with Crippen molar-refractivity contribution in [2.45, 2.75) is 12.6 Å². The summed E-state index contributed by atoms with van der Waals surface area (Å²) in [6, 6.07) is 15.0. The van der Waals surface area contributed by atoms with E-state index >= 15 is 0 Å². The normalized spacial score (nSPS) is 20.1. The summed E-state index contributed by atoms with van der Waals surface area (Å²) in [4.78, 5) is 4.95. The van der Waals surface area contributed by atoms with E-state index in [2.05, 4.69) is 41.3 Å². The first-order chi connectivity index (χ1) is 9.86. The lowest BCUT2D eigenvalue weighted by Gasteiger charge is -2.33. The summed E-state index contributed by atoms with van der Waals surface area (Å²) in [6.45, 7) is 3.34. The van der Waals surface area contributed by atoms with Gasteiger partial charge in [0.15, 0.2) is 0 Å². The quantitative estimate of drug-likeness (QED) is 0.939. The van der Waals surface area contributed by atoms with Gasteiger partial charge in [0, 0.05) is 22.8 Å². The molecular formula is C16H19NO2S. The van der Waals surface area contributed by atoms with Crippen molar-refractivity contribution < 1.29 is 9.84 Å². The van der Waals surface area contributed by atoms with E-state index in [1.165, 1.54) is 15.3 Å². The molecule has 0 bridgehead atoms. The molecule has 0 radical (unpaired) electrons. The smallest absolute Gasteiger partial charge is 0.0645 e. The first-order valence-electron chi connectivity index (χ1n) is 6.93. The SMILES string of the molecule is OCC1COCCN1Cc1ccc(-c2ccccc2)s1. The Morgan fingerprint density at radius 1 is 1.20 bits per heavy atom. The second-order valence-corrected chi connectivity index (χ2v) is 6.18. The van der Waals surface area contributed by atoms with Gasteiger partial charge in [0.05, 0.1) is 25.9 Å². The summed E-state index contributed by atoms with van der Waals surface area (Å²) < 4.78 is 5.42. The molecule has 1 saturated heterocycles. The van der Waals surface area contributed by atoms with Crippen LogP contribution in [-0.4, -0.2) is 42.4 Å². The molecule has 106 valence electrons. The molecule has 1 aliphatic rings. The zero-order chi connectivity index (χ0) is 13.8. The van der Waals surface area contributed by atoms with Crippen LogP contribution in [-0.2, 0) is 11.3 Å². The zero-order valence-corrected chi connectivity index (χ0v) is 12.2. The predicted octanol–water partition coefficient (Wildman–Crippen LogP) is 2.61. The molecule has 1 aromatic carbocycles. The number of thiophene rings is 1. The lowest BCUT2D eigenvalue weighted by molar-refractivity contribution is -0.0308. The largest absolute Gasteiger partial charge is 0.395 e. The van der Waals surface area contributed by atoms with Gasteiger partial charge in [-0.15, -0.1) is 11.3 Å². The van der Waals surface area contributed by atoms with Crippen molar-refractivity contribution in [1.29, 1.82) is 0 Å². The molecule has 1 aromatic heterocycles. The molecule has 2 heterocycles. The Hall–Kier alpha value is -1.20. The molecule has 2 aromatic rings. The van der Waals surface area contributed by atoms with Crippen LogP contribution in [0.25, 0.3) is 10.4 Å². The van der Waals surface area contributed by atoms with Crippen LogP contribution in [0.3, 0.4) is 0 Å². The van der Waals surface area contributed by atoms with Crippen molar-refractivity contribution in [2.24, 2.45) is 0 Å². The van der Waals surface area contributed by atoms with Crippen LogP contribution < -0.4 is 0 Å². The molecule has 1 unspecified atom stereocenters. The third-order valence-corrected chi connectivity index (χ3v) is 4.76. The number of aliphatic hydroxyl groups is 1. The number of hydrogen-bond acceptors (Lipinski definition) is 4. The molecular weight excluding hydrogens is 270 g/mol. The van der Waals surface area contributed by atoms with Gasteiger partial charge in [0.1, 0.15) is 0 Å². The van der Waals surface area contributed by atoms with Gasteiger partial charge in [-0.2, -0.15) is 0 Å². The third kappa shape index (κ3) is 3.10. The number of rotatable bonds is 4. The average Bonchev–Trinajstić information content (AvgIpc) is 2.97. The van der Waals surface area contributed by atoms with Crippen LogP contribution in [0.15, 0.2) is 42.5 Å². The monoisotopic (exact) mass is 289 g/mol. The van der Waals surface area contributed by atoms with Crippen molar-refractivity contribution in [1.82, 2.24) is 4.90 Å². The van der Waals surface area contributed by atoms with Crippen molar-refractivity contribution in [3.05, 3.63) is 47.3 Å². The number of ether oxygens (including phenoxy) is 1. The maximum atomic E-state index is 9.40. The van der Waals surface area contributed by atoms with Crippen molar-refractivity contribution in [3.63, 3.8) is 0 Å². The van der Waals surface area contributed by atoms with Gasteiger partial charge in [-0.05, 0) is 17.7 Å². The van der Waals surface area contributed by atoms with E-state index in [0.29, 0.717) is 6.61 Å². The summed E-state index contributed by atoms with van der Waals surface area (Å²) in [5, 5.41) is 9.40. The van der Waals surface area contributed by atoms with Crippen molar-refractivity contribution >= 4 is 11.3 Å². The van der Waals surface area contributed by atoms with E-state index in [9.17, 15) is 5.11 Å². The maximum Gasteiger partial charge on any atom is 0.0645 e. The number of nitrogens with zero attached hydrogens (tertiary/aromatic N) is 1. The van der Waals surface area contributed by atoms with E-state index in [1.807, 2.05) is 17.4 Å². The molecule has 4 heteroatoms. The summed E-state index contributed by atoms with van der Waals surface area (Å²) in [5.41, 5.74) is 1.27. The van der Waals surface area contributed by atoms with Crippen LogP contribution in [0, 0.1) is 0 Å². The lowest BCUT2D eigenvalue weighted by atomic mass is 10.2. The van der Waals surface area contributed by atoms with Crippen molar-refractivity contribution in [2.75, 3.05) is 26.4 Å². The standard InChI is InChI=1S/C16H19NO2S/c18-11-14-12-19-9-8-17(14)10-15-6-7-16(20-15)13-4-2-1-3-5-13/h1-7,14,18H,8-12H2. The molecule has 0 aliphatic carbocycles. The van der Waals surface area contributed by atoms with Crippen LogP contribution in [0.2, 0.25) is 0 Å². The van der Waals surface area contributed by atoms with Gasteiger partial charge in [-0.3, -0.25) is 4.90 Å². The van der Waals surface area contributed by atoms with E-state index in [0.717, 1.165) is 19.7 Å². The Bertz CT molecular complexity index is 540. The van der Waals surface area contributed by atoms with Crippen LogP contribution in [0.1, 0.15) is 4.88 Å². The minimum atomic E-state index is 0.131. The minimum Gasteiger partial charge on any atom is -0.395 e. The van der Waals surface area contributed by atoms with Gasteiger partial charge in [-0.25, -0.2) is 0 Å². The summed E-state index contributed by atoms with van der Waals surface area (Å²) in [7, 11) is 0. The number of hydrogen-bond donors (Lipinski definition) is 1. The highest BCUT2D eigenvalue weighted by molar-refractivity contribution is 7.15. The minimum absolute atomic E-state index is 0.131. The molecule has 1 N–H and O–H groups in total. The van der Waals surface area contributed by atoms with Gasteiger partial charge >= 0.3 is 0 Å².